The van der Waals surface area contributed by atoms with Crippen molar-refractivity contribution in [1.82, 2.24) is 4.90 Å². The Balaban J connectivity index is 0.000000487. The van der Waals surface area contributed by atoms with Gasteiger partial charge in [-0.15, -0.1) is 0 Å². The fraction of sp³-hybridized carbons (Fsp3) is 0.567. The van der Waals surface area contributed by atoms with Gasteiger partial charge in [0.25, 0.3) is 0 Å². The zero-order chi connectivity index (χ0) is 29.8. The Morgan fingerprint density at radius 1 is 1.21 bits per heavy atom. The third kappa shape index (κ3) is 11.8. The molecule has 9 heteroatoms. The van der Waals surface area contributed by atoms with E-state index in [1.165, 1.54) is 26.2 Å². The van der Waals surface area contributed by atoms with Gasteiger partial charge in [0.1, 0.15) is 0 Å². The van der Waals surface area contributed by atoms with E-state index in [2.05, 4.69) is 25.5 Å². The van der Waals surface area contributed by atoms with Gasteiger partial charge in [0.15, 0.2) is 0 Å². The maximum absolute atomic E-state index is 12.2. The lowest BCUT2D eigenvalue weighted by atomic mass is 9.71. The van der Waals surface area contributed by atoms with Crippen molar-refractivity contribution in [1.29, 1.82) is 5.41 Å². The number of allylic oxidation sites excluding steroid dienone is 1. The average molecular weight is 553 g/mol. The molecule has 2 rings (SSSR count). The van der Waals surface area contributed by atoms with Crippen molar-refractivity contribution in [3.63, 3.8) is 0 Å². The number of amides is 1. The van der Waals surface area contributed by atoms with Gasteiger partial charge in [-0.05, 0) is 74.1 Å². The molecule has 0 spiro atoms. The molecule has 1 unspecified atom stereocenters. The lowest BCUT2D eigenvalue weighted by molar-refractivity contribution is -0.139. The Bertz CT molecular complexity index is 1000. The summed E-state index contributed by atoms with van der Waals surface area (Å²) in [6.45, 7) is 10.4. The Morgan fingerprint density at radius 3 is 2.28 bits per heavy atom. The predicted molar refractivity (Wildman–Crippen MR) is 147 cm³/mol. The maximum Gasteiger partial charge on any atom is 0.416 e. The van der Waals surface area contributed by atoms with E-state index < -0.39 is 17.8 Å². The summed E-state index contributed by atoms with van der Waals surface area (Å²) in [5.74, 6) is 0.362. The highest BCUT2D eigenvalue weighted by Crippen LogP contribution is 2.39. The average Bonchev–Trinajstić information content (AvgIpc) is 2.89. The molecule has 0 heterocycles. The second-order valence-corrected chi connectivity index (χ2v) is 10.9. The van der Waals surface area contributed by atoms with Crippen molar-refractivity contribution in [2.45, 2.75) is 85.0 Å². The monoisotopic (exact) mass is 552 g/mol. The molecule has 2 N–H and O–H groups in total. The summed E-state index contributed by atoms with van der Waals surface area (Å²) >= 11 is 0. The van der Waals surface area contributed by atoms with Crippen LogP contribution >= 0.6 is 0 Å². The number of methoxy groups -OCH3 is 1. The molecule has 1 aliphatic carbocycles. The summed E-state index contributed by atoms with van der Waals surface area (Å²) in [7, 11) is 1.35. The Morgan fingerprint density at radius 2 is 1.82 bits per heavy atom. The van der Waals surface area contributed by atoms with E-state index in [1.807, 2.05) is 6.92 Å². The number of carbonyl (C=O) groups is 2. The van der Waals surface area contributed by atoms with Crippen molar-refractivity contribution in [3.8, 4) is 0 Å². The summed E-state index contributed by atoms with van der Waals surface area (Å²) in [5.41, 5.74) is 0.723. The number of aliphatic hydroxyl groups excluding tert-OH is 1. The smallest absolute Gasteiger partial charge is 0.416 e. The number of esters is 1. The van der Waals surface area contributed by atoms with Gasteiger partial charge in [0, 0.05) is 11.8 Å². The maximum atomic E-state index is 12.2. The van der Waals surface area contributed by atoms with Crippen LogP contribution in [-0.2, 0) is 20.5 Å². The molecule has 6 nitrogen and oxygen atoms in total. The number of rotatable bonds is 9. The molecule has 1 amide bonds. The van der Waals surface area contributed by atoms with Crippen molar-refractivity contribution in [3.05, 3.63) is 59.2 Å². The Hall–Kier alpha value is -2.94. The molecule has 1 fully saturated rings. The largest absolute Gasteiger partial charge is 0.469 e. The van der Waals surface area contributed by atoms with Crippen LogP contribution in [-0.4, -0.2) is 53.9 Å². The van der Waals surface area contributed by atoms with Crippen LogP contribution in [0.25, 0.3) is 0 Å². The van der Waals surface area contributed by atoms with Gasteiger partial charge < -0.3 is 20.2 Å². The molecule has 218 valence electrons. The lowest BCUT2D eigenvalue weighted by Crippen LogP contribution is -2.43. The molecule has 1 atom stereocenters. The molecule has 0 saturated heterocycles. The van der Waals surface area contributed by atoms with E-state index in [-0.39, 0.29) is 30.7 Å². The minimum absolute atomic E-state index is 0.131. The van der Waals surface area contributed by atoms with Gasteiger partial charge in [0.05, 0.1) is 31.7 Å². The third-order valence-electron chi connectivity index (χ3n) is 7.07. The highest BCUT2D eigenvalue weighted by atomic mass is 19.4. The van der Waals surface area contributed by atoms with Gasteiger partial charge in [-0.25, -0.2) is 0 Å². The molecule has 0 aromatic heterocycles. The SMILES string of the molecule is C/C=C(\C=C/CC(=O)OC)C(O)CN(C=O)C1CCC(C(C)(C)C)CC1.CC(=N)c1cccc(C(F)(F)F)c1. The molecule has 1 aromatic rings. The summed E-state index contributed by atoms with van der Waals surface area (Å²) < 4.78 is 41.1. The normalized spacial score (nSPS) is 19.1. The number of alkyl halides is 3. The third-order valence-corrected chi connectivity index (χ3v) is 7.07. The van der Waals surface area contributed by atoms with Crippen LogP contribution in [0.2, 0.25) is 0 Å². The number of hydrogen-bond donors (Lipinski definition) is 2. The van der Waals surface area contributed by atoms with E-state index in [0.717, 1.165) is 44.2 Å². The minimum Gasteiger partial charge on any atom is -0.469 e. The first kappa shape index (κ1) is 34.1. The molecule has 0 aliphatic heterocycles. The first-order valence-corrected chi connectivity index (χ1v) is 13.1. The number of ether oxygens (including phenoxy) is 1. The van der Waals surface area contributed by atoms with Crippen LogP contribution in [0.4, 0.5) is 13.2 Å². The minimum atomic E-state index is -4.33. The lowest BCUT2D eigenvalue weighted by Gasteiger charge is -2.40. The van der Waals surface area contributed by atoms with Crippen LogP contribution in [0.1, 0.15) is 77.8 Å². The van der Waals surface area contributed by atoms with Gasteiger partial charge in [-0.2, -0.15) is 13.2 Å². The summed E-state index contributed by atoms with van der Waals surface area (Å²) in [5, 5.41) is 17.7. The van der Waals surface area contributed by atoms with E-state index >= 15 is 0 Å². The van der Waals surface area contributed by atoms with E-state index in [9.17, 15) is 27.9 Å². The number of nitrogens with one attached hydrogen (secondary N) is 1. The van der Waals surface area contributed by atoms with Crippen LogP contribution in [0.15, 0.2) is 48.1 Å². The Kier molecular flexibility index (Phi) is 13.6. The highest BCUT2D eigenvalue weighted by Gasteiger charge is 2.32. The van der Waals surface area contributed by atoms with Crippen molar-refractivity contribution >= 4 is 18.1 Å². The quantitative estimate of drug-likeness (QED) is 0.157. The Labute approximate surface area is 230 Å². The van der Waals surface area contributed by atoms with E-state index in [0.29, 0.717) is 22.5 Å². The van der Waals surface area contributed by atoms with Crippen molar-refractivity contribution in [2.24, 2.45) is 11.3 Å². The molecule has 1 aliphatic rings. The second-order valence-electron chi connectivity index (χ2n) is 10.9. The van der Waals surface area contributed by atoms with Gasteiger partial charge in [-0.3, -0.25) is 9.59 Å². The summed E-state index contributed by atoms with van der Waals surface area (Å²) in [6.07, 6.45) is 5.32. The van der Waals surface area contributed by atoms with Crippen molar-refractivity contribution < 1.29 is 32.6 Å². The topological polar surface area (TPSA) is 90.7 Å². The van der Waals surface area contributed by atoms with E-state index in [1.54, 1.807) is 23.1 Å². The number of carbonyl (C=O) groups excluding carboxylic acids is 2. The van der Waals surface area contributed by atoms with Crippen LogP contribution in [0, 0.1) is 16.7 Å². The van der Waals surface area contributed by atoms with Gasteiger partial charge in [-0.1, -0.05) is 51.1 Å². The first-order chi connectivity index (χ1) is 18.1. The summed E-state index contributed by atoms with van der Waals surface area (Å²) in [6, 6.07) is 4.95. The number of hydrogen-bond acceptors (Lipinski definition) is 5. The molecule has 0 bridgehead atoms. The zero-order valence-electron chi connectivity index (χ0n) is 23.8. The molecule has 39 heavy (non-hydrogen) atoms. The van der Waals surface area contributed by atoms with E-state index in [4.69, 9.17) is 5.41 Å². The standard InChI is InChI=1S/C21H35NO4.C9H8F3N/c1-6-16(8-7-9-20(25)26-5)19(24)14-22(15-23)18-12-10-17(11-13-18)21(2,3)4;1-6(13)7-3-2-4-8(5-7)9(10,11)12/h6-8,15,17-19,24H,9-14H2,1-5H3;2-5,13H,1H3/b8-7-,16-6+;. The van der Waals surface area contributed by atoms with Crippen LogP contribution < -0.4 is 0 Å². The molecule has 1 saturated carbocycles. The van der Waals surface area contributed by atoms with Crippen LogP contribution in [0.3, 0.4) is 0 Å². The van der Waals surface area contributed by atoms with Gasteiger partial charge in [0.2, 0.25) is 6.41 Å². The number of benzene rings is 1. The zero-order valence-corrected chi connectivity index (χ0v) is 23.8. The van der Waals surface area contributed by atoms with Crippen LogP contribution in [0.5, 0.6) is 0 Å². The predicted octanol–water partition coefficient (Wildman–Crippen LogP) is 6.57. The molecule has 0 radical (unpaired) electrons. The fourth-order valence-corrected chi connectivity index (χ4v) is 4.56. The van der Waals surface area contributed by atoms with Crippen molar-refractivity contribution in [2.75, 3.05) is 13.7 Å². The number of aliphatic hydroxyl groups is 1. The summed E-state index contributed by atoms with van der Waals surface area (Å²) in [4.78, 5) is 24.5. The second kappa shape index (κ2) is 15.6. The number of nitrogens with zero attached hydrogens (tertiary/aromatic N) is 1. The highest BCUT2D eigenvalue weighted by molar-refractivity contribution is 5.96. The fourth-order valence-electron chi connectivity index (χ4n) is 4.56. The molecular weight excluding hydrogens is 509 g/mol. The molecular formula is C30H43F3N2O4. The first-order valence-electron chi connectivity index (χ1n) is 13.1. The number of halogens is 3. The molecule has 1 aromatic carbocycles. The van der Waals surface area contributed by atoms with Gasteiger partial charge >= 0.3 is 12.1 Å².